The number of phosphoric ester groups is 2. The van der Waals surface area contributed by atoms with Gasteiger partial charge in [0.05, 0.1) is 26.4 Å². The van der Waals surface area contributed by atoms with Crippen molar-refractivity contribution in [2.24, 2.45) is 5.92 Å². The summed E-state index contributed by atoms with van der Waals surface area (Å²) >= 11 is 0. The molecule has 3 unspecified atom stereocenters. The highest BCUT2D eigenvalue weighted by molar-refractivity contribution is 7.47. The molecule has 0 aromatic carbocycles. The lowest BCUT2D eigenvalue weighted by atomic mass is 9.99. The number of ether oxygens (including phenoxy) is 4. The number of aliphatic hydroxyl groups excluding tert-OH is 1. The summed E-state index contributed by atoms with van der Waals surface area (Å²) in [7, 11) is -9.95. The van der Waals surface area contributed by atoms with Gasteiger partial charge in [-0.3, -0.25) is 37.3 Å². The summed E-state index contributed by atoms with van der Waals surface area (Å²) in [6, 6.07) is 0. The molecule has 0 amide bonds. The van der Waals surface area contributed by atoms with Crippen LogP contribution in [0.3, 0.4) is 0 Å². The third-order valence-corrected chi connectivity index (χ3v) is 25.8. The third-order valence-electron chi connectivity index (χ3n) is 23.9. The highest BCUT2D eigenvalue weighted by atomic mass is 31.2. The first-order valence-electron chi connectivity index (χ1n) is 51.2. The number of aliphatic hydroxyl groups is 1. The molecule has 17 nitrogen and oxygen atoms in total. The van der Waals surface area contributed by atoms with Crippen LogP contribution in [0.1, 0.15) is 548 Å². The van der Waals surface area contributed by atoms with Gasteiger partial charge in [0.25, 0.3) is 0 Å². The monoisotopic (exact) mass is 1720 g/mol. The third kappa shape index (κ3) is 90.3. The van der Waals surface area contributed by atoms with Crippen LogP contribution in [-0.4, -0.2) is 96.7 Å². The van der Waals surface area contributed by atoms with Crippen LogP contribution in [-0.2, 0) is 65.4 Å². The average Bonchev–Trinajstić information content (AvgIpc) is 0.896. The van der Waals surface area contributed by atoms with E-state index < -0.39 is 97.5 Å². The van der Waals surface area contributed by atoms with Crippen molar-refractivity contribution < 1.29 is 80.2 Å². The molecule has 0 aromatic heterocycles. The molecule has 0 saturated heterocycles. The second-order valence-corrected chi connectivity index (χ2v) is 38.7. The summed E-state index contributed by atoms with van der Waals surface area (Å²) in [6.45, 7) is 7.43. The van der Waals surface area contributed by atoms with Crippen molar-refractivity contribution in [2.45, 2.75) is 567 Å². The van der Waals surface area contributed by atoms with Crippen molar-refractivity contribution >= 4 is 39.5 Å². The molecule has 19 heteroatoms. The predicted octanol–water partition coefficient (Wildman–Crippen LogP) is 31.4. The SMILES string of the molecule is CCCCCCCCCCCCCCCCCCCCCCCCC(=O)OC[C@H](COP(=O)(O)OC[C@@H](O)COP(=O)(O)OC[C@@H](COC(=O)CCCCCCCCCCC(C)CC)OC(=O)CCCCCCCCCCCCCCCCCCCCCCCC)OC(=O)CCCCCCCCCCCCCCCCCCCCCCCC. The molecule has 702 valence electrons. The molecule has 0 aliphatic rings. The van der Waals surface area contributed by atoms with E-state index >= 15 is 0 Å². The van der Waals surface area contributed by atoms with Crippen molar-refractivity contribution in [3.05, 3.63) is 0 Å². The zero-order valence-corrected chi connectivity index (χ0v) is 79.9. The van der Waals surface area contributed by atoms with E-state index in [9.17, 15) is 43.2 Å². The minimum atomic E-state index is -4.97. The van der Waals surface area contributed by atoms with Gasteiger partial charge in [-0.25, -0.2) is 9.13 Å². The van der Waals surface area contributed by atoms with Gasteiger partial charge in [-0.15, -0.1) is 0 Å². The molecule has 0 bridgehead atoms. The number of hydrogen-bond acceptors (Lipinski definition) is 15. The summed E-state index contributed by atoms with van der Waals surface area (Å²) < 4.78 is 69.3. The van der Waals surface area contributed by atoms with Gasteiger partial charge in [-0.05, 0) is 31.6 Å². The Bertz CT molecular complexity index is 2230. The molecule has 0 spiro atoms. The number of hydrogen-bond donors (Lipinski definition) is 3. The summed E-state index contributed by atoms with van der Waals surface area (Å²) in [6.07, 6.45) is 90.7. The highest BCUT2D eigenvalue weighted by Gasteiger charge is 2.31. The van der Waals surface area contributed by atoms with Crippen molar-refractivity contribution in [1.29, 1.82) is 0 Å². The Hall–Kier alpha value is -1.94. The smallest absolute Gasteiger partial charge is 0.462 e. The fourth-order valence-corrected chi connectivity index (χ4v) is 17.3. The zero-order valence-electron chi connectivity index (χ0n) is 78.1. The first-order valence-corrected chi connectivity index (χ1v) is 54.2. The first kappa shape index (κ1) is 116. The Balaban J connectivity index is 5.22. The fourth-order valence-electron chi connectivity index (χ4n) is 15.7. The van der Waals surface area contributed by atoms with E-state index in [0.717, 1.165) is 95.8 Å². The molecular formula is C99H194O17P2. The Morgan fingerprint density at radius 3 is 0.602 bits per heavy atom. The molecule has 6 atom stereocenters. The molecule has 0 aromatic rings. The fraction of sp³-hybridized carbons (Fsp3) is 0.960. The van der Waals surface area contributed by atoms with E-state index in [1.54, 1.807) is 0 Å². The minimum Gasteiger partial charge on any atom is -0.462 e. The Kier molecular flexibility index (Phi) is 89.8. The first-order chi connectivity index (χ1) is 57.6. The van der Waals surface area contributed by atoms with Crippen LogP contribution in [0.2, 0.25) is 0 Å². The van der Waals surface area contributed by atoms with Gasteiger partial charge in [0.2, 0.25) is 0 Å². The van der Waals surface area contributed by atoms with Gasteiger partial charge < -0.3 is 33.8 Å². The maximum atomic E-state index is 13.2. The average molecular weight is 1720 g/mol. The molecule has 3 N–H and O–H groups in total. The van der Waals surface area contributed by atoms with Crippen LogP contribution in [0.5, 0.6) is 0 Å². The number of phosphoric acid groups is 2. The Morgan fingerprint density at radius 1 is 0.237 bits per heavy atom. The van der Waals surface area contributed by atoms with E-state index in [0.29, 0.717) is 25.7 Å². The van der Waals surface area contributed by atoms with Crippen molar-refractivity contribution in [1.82, 2.24) is 0 Å². The lowest BCUT2D eigenvalue weighted by Gasteiger charge is -2.21. The van der Waals surface area contributed by atoms with Crippen molar-refractivity contribution in [3.63, 3.8) is 0 Å². The molecule has 0 rings (SSSR count). The number of carbonyl (C=O) groups is 4. The van der Waals surface area contributed by atoms with Gasteiger partial charge in [-0.2, -0.15) is 0 Å². The molecule has 0 saturated carbocycles. The second kappa shape index (κ2) is 91.3. The Labute approximate surface area is 728 Å². The largest absolute Gasteiger partial charge is 0.472 e. The molecule has 0 fully saturated rings. The number of unbranched alkanes of at least 4 members (excludes halogenated alkanes) is 70. The van der Waals surface area contributed by atoms with Crippen LogP contribution in [0.15, 0.2) is 0 Å². The summed E-state index contributed by atoms with van der Waals surface area (Å²) in [5, 5.41) is 10.7. The van der Waals surface area contributed by atoms with Gasteiger partial charge in [-0.1, -0.05) is 497 Å². The Morgan fingerprint density at radius 2 is 0.407 bits per heavy atom. The van der Waals surface area contributed by atoms with Gasteiger partial charge in [0, 0.05) is 25.7 Å². The van der Waals surface area contributed by atoms with E-state index in [2.05, 4.69) is 34.6 Å². The number of carbonyl (C=O) groups excluding carboxylic acids is 4. The molecular weight excluding hydrogens is 1520 g/mol. The van der Waals surface area contributed by atoms with Crippen LogP contribution in [0, 0.1) is 5.92 Å². The molecule has 0 radical (unpaired) electrons. The molecule has 118 heavy (non-hydrogen) atoms. The predicted molar refractivity (Wildman–Crippen MR) is 492 cm³/mol. The standard InChI is InChI=1S/C99H194O17P2/c1-6-10-13-16-19-22-25-28-31-34-37-40-43-46-49-52-55-58-61-67-72-77-82-96(101)109-88-94(115-98(103)84-79-74-69-62-59-56-53-50-47-44-41-38-35-32-29-26-23-20-17-14-11-7-2)90-113-117(105,106)111-86-93(100)87-112-118(107,108)114-91-95(89-110-97(102)83-78-73-68-65-64-66-71-76-81-92(5)9-4)116-99(104)85-80-75-70-63-60-57-54-51-48-45-42-39-36-33-30-27-24-21-18-15-12-8-3/h92-95,100H,6-91H2,1-5H3,(H,105,106)(H,107,108)/t92?,93-,94-,95-/m1/s1. The number of esters is 4. The van der Waals surface area contributed by atoms with E-state index in [1.807, 2.05) is 0 Å². The number of rotatable bonds is 99. The van der Waals surface area contributed by atoms with Gasteiger partial charge >= 0.3 is 39.5 Å². The topological polar surface area (TPSA) is 237 Å². The maximum absolute atomic E-state index is 13.2. The quantitative estimate of drug-likeness (QED) is 0.0222. The summed E-state index contributed by atoms with van der Waals surface area (Å²) in [5.74, 6) is -1.31. The summed E-state index contributed by atoms with van der Waals surface area (Å²) in [5.41, 5.74) is 0. The lowest BCUT2D eigenvalue weighted by molar-refractivity contribution is -0.161. The van der Waals surface area contributed by atoms with Gasteiger partial charge in [0.1, 0.15) is 19.3 Å². The van der Waals surface area contributed by atoms with Crippen LogP contribution in [0.4, 0.5) is 0 Å². The van der Waals surface area contributed by atoms with E-state index in [4.69, 9.17) is 37.0 Å². The van der Waals surface area contributed by atoms with Crippen molar-refractivity contribution in [3.8, 4) is 0 Å². The van der Waals surface area contributed by atoms with E-state index in [1.165, 1.54) is 372 Å². The van der Waals surface area contributed by atoms with Crippen LogP contribution < -0.4 is 0 Å². The molecule has 0 aliphatic carbocycles. The maximum Gasteiger partial charge on any atom is 0.472 e. The lowest BCUT2D eigenvalue weighted by Crippen LogP contribution is -2.30. The van der Waals surface area contributed by atoms with Crippen molar-refractivity contribution in [2.75, 3.05) is 39.6 Å². The van der Waals surface area contributed by atoms with Crippen LogP contribution >= 0.6 is 15.6 Å². The van der Waals surface area contributed by atoms with Gasteiger partial charge in [0.15, 0.2) is 12.2 Å². The molecule has 0 heterocycles. The molecule has 0 aliphatic heterocycles. The second-order valence-electron chi connectivity index (χ2n) is 35.8. The van der Waals surface area contributed by atoms with E-state index in [-0.39, 0.29) is 25.7 Å². The normalized spacial score (nSPS) is 13.8. The minimum absolute atomic E-state index is 0.109. The summed E-state index contributed by atoms with van der Waals surface area (Å²) in [4.78, 5) is 73.7. The van der Waals surface area contributed by atoms with Crippen LogP contribution in [0.25, 0.3) is 0 Å². The zero-order chi connectivity index (χ0) is 86.1. The highest BCUT2D eigenvalue weighted by Crippen LogP contribution is 2.45.